The lowest BCUT2D eigenvalue weighted by molar-refractivity contribution is -0.130. The van der Waals surface area contributed by atoms with E-state index in [1.54, 1.807) is 27.3 Å². The van der Waals surface area contributed by atoms with Crippen molar-refractivity contribution in [1.29, 1.82) is 0 Å². The lowest BCUT2D eigenvalue weighted by Gasteiger charge is -2.15. The number of benzene rings is 1. The Balaban J connectivity index is 2.65. The molecule has 0 spiro atoms. The Kier molecular flexibility index (Phi) is 7.36. The molecule has 6 heteroatoms. The van der Waals surface area contributed by atoms with Gasteiger partial charge in [0.2, 0.25) is 0 Å². The van der Waals surface area contributed by atoms with E-state index in [1.165, 1.54) is 4.90 Å². The molecule has 1 rings (SSSR count). The molecule has 1 aromatic rings. The van der Waals surface area contributed by atoms with E-state index in [1.807, 2.05) is 12.1 Å². The number of carbonyl (C=O) groups is 1. The molecule has 0 aliphatic rings. The summed E-state index contributed by atoms with van der Waals surface area (Å²) in [7, 11) is 5.03. The van der Waals surface area contributed by atoms with Crippen LogP contribution in [0.25, 0.3) is 0 Å². The average Bonchev–Trinajstić information content (AvgIpc) is 2.42. The largest absolute Gasteiger partial charge is 0.482 e. The van der Waals surface area contributed by atoms with Crippen LogP contribution in [0.2, 0.25) is 5.02 Å². The Morgan fingerprint density at radius 1 is 1.40 bits per heavy atom. The van der Waals surface area contributed by atoms with E-state index in [0.29, 0.717) is 23.9 Å². The van der Waals surface area contributed by atoms with E-state index < -0.39 is 0 Å². The number of hydrogen-bond donors (Lipinski definition) is 1. The molecule has 1 amide bonds. The van der Waals surface area contributed by atoms with Crippen LogP contribution >= 0.6 is 11.6 Å². The van der Waals surface area contributed by atoms with Crippen LogP contribution in [-0.2, 0) is 16.1 Å². The van der Waals surface area contributed by atoms with Crippen molar-refractivity contribution in [1.82, 2.24) is 10.2 Å². The maximum absolute atomic E-state index is 11.6. The summed E-state index contributed by atoms with van der Waals surface area (Å²) in [5, 5.41) is 3.72. The van der Waals surface area contributed by atoms with Crippen molar-refractivity contribution in [2.75, 3.05) is 41.0 Å². The summed E-state index contributed by atoms with van der Waals surface area (Å²) >= 11 is 6.13. The Morgan fingerprint density at radius 2 is 2.15 bits per heavy atom. The zero-order valence-electron chi connectivity index (χ0n) is 12.1. The topological polar surface area (TPSA) is 50.8 Å². The first-order valence-electron chi connectivity index (χ1n) is 6.36. The maximum atomic E-state index is 11.6. The van der Waals surface area contributed by atoms with Gasteiger partial charge in [0.15, 0.2) is 6.61 Å². The Morgan fingerprint density at radius 3 is 2.80 bits per heavy atom. The second kappa shape index (κ2) is 8.79. The van der Waals surface area contributed by atoms with Gasteiger partial charge in [-0.05, 0) is 6.07 Å². The number of methoxy groups -OCH3 is 1. The summed E-state index contributed by atoms with van der Waals surface area (Å²) in [5.74, 6) is 0.442. The third kappa shape index (κ3) is 5.36. The fourth-order valence-electron chi connectivity index (χ4n) is 1.51. The molecule has 0 aliphatic heterocycles. The first-order chi connectivity index (χ1) is 9.56. The summed E-state index contributed by atoms with van der Waals surface area (Å²) in [5.41, 5.74) is 0.917. The first kappa shape index (κ1) is 16.8. The highest BCUT2D eigenvalue weighted by atomic mass is 35.5. The highest BCUT2D eigenvalue weighted by Gasteiger charge is 2.11. The molecule has 0 aliphatic carbocycles. The van der Waals surface area contributed by atoms with Crippen LogP contribution in [0.4, 0.5) is 0 Å². The number of rotatable bonds is 8. The Labute approximate surface area is 124 Å². The third-order valence-corrected chi connectivity index (χ3v) is 2.98. The molecule has 0 unspecified atom stereocenters. The summed E-state index contributed by atoms with van der Waals surface area (Å²) in [6.45, 7) is 1.95. The van der Waals surface area contributed by atoms with E-state index in [9.17, 15) is 4.79 Å². The predicted octanol–water partition coefficient (Wildman–Crippen LogP) is 1.54. The minimum absolute atomic E-state index is 0.0260. The normalized spacial score (nSPS) is 10.4. The average molecular weight is 301 g/mol. The highest BCUT2D eigenvalue weighted by Crippen LogP contribution is 2.28. The molecular weight excluding hydrogens is 280 g/mol. The molecule has 0 fully saturated rings. The smallest absolute Gasteiger partial charge is 0.259 e. The van der Waals surface area contributed by atoms with Gasteiger partial charge in [-0.2, -0.15) is 0 Å². The number of ether oxygens (including phenoxy) is 2. The monoisotopic (exact) mass is 300 g/mol. The zero-order chi connectivity index (χ0) is 15.0. The minimum atomic E-state index is -0.108. The quantitative estimate of drug-likeness (QED) is 0.740. The van der Waals surface area contributed by atoms with Crippen molar-refractivity contribution in [3.63, 3.8) is 0 Å². The van der Waals surface area contributed by atoms with Crippen molar-refractivity contribution < 1.29 is 14.3 Å². The van der Waals surface area contributed by atoms with Crippen LogP contribution in [0, 0.1) is 0 Å². The van der Waals surface area contributed by atoms with Crippen molar-refractivity contribution >= 4 is 17.5 Å². The van der Waals surface area contributed by atoms with Crippen molar-refractivity contribution in [3.05, 3.63) is 28.8 Å². The summed E-state index contributed by atoms with van der Waals surface area (Å²) in [6.07, 6.45) is 0. The van der Waals surface area contributed by atoms with E-state index in [-0.39, 0.29) is 12.5 Å². The third-order valence-electron chi connectivity index (χ3n) is 2.69. The second-order valence-electron chi connectivity index (χ2n) is 4.47. The van der Waals surface area contributed by atoms with Crippen LogP contribution < -0.4 is 10.1 Å². The molecule has 112 valence electrons. The lowest BCUT2D eigenvalue weighted by atomic mass is 10.2. The number of nitrogens with one attached hydrogen (secondary N) is 1. The van der Waals surface area contributed by atoms with Crippen LogP contribution in [0.3, 0.4) is 0 Å². The van der Waals surface area contributed by atoms with Gasteiger partial charge in [0, 0.05) is 39.9 Å². The Bertz CT molecular complexity index is 438. The fraction of sp³-hybridized carbons (Fsp3) is 0.500. The predicted molar refractivity (Wildman–Crippen MR) is 79.2 cm³/mol. The number of carbonyl (C=O) groups excluding carboxylic acids is 1. The van der Waals surface area contributed by atoms with Crippen LogP contribution in [-0.4, -0.2) is 51.8 Å². The van der Waals surface area contributed by atoms with Gasteiger partial charge < -0.3 is 19.7 Å². The van der Waals surface area contributed by atoms with E-state index in [4.69, 9.17) is 21.1 Å². The molecule has 1 aromatic carbocycles. The summed E-state index contributed by atoms with van der Waals surface area (Å²) < 4.78 is 10.5. The number of nitrogens with zero attached hydrogens (tertiary/aromatic N) is 1. The minimum Gasteiger partial charge on any atom is -0.482 e. The molecule has 0 radical (unpaired) electrons. The molecule has 0 saturated heterocycles. The molecular formula is C14H21ClN2O3. The van der Waals surface area contributed by atoms with Crippen LogP contribution in [0.5, 0.6) is 5.75 Å². The van der Waals surface area contributed by atoms with Gasteiger partial charge in [-0.3, -0.25) is 4.79 Å². The summed E-state index contributed by atoms with van der Waals surface area (Å²) in [6, 6.07) is 5.52. The van der Waals surface area contributed by atoms with Crippen molar-refractivity contribution in [2.45, 2.75) is 6.54 Å². The van der Waals surface area contributed by atoms with E-state index >= 15 is 0 Å². The molecule has 1 N–H and O–H groups in total. The number of amides is 1. The van der Waals surface area contributed by atoms with Gasteiger partial charge in [-0.25, -0.2) is 0 Å². The number of halogens is 1. The van der Waals surface area contributed by atoms with E-state index in [0.717, 1.165) is 12.1 Å². The molecule has 20 heavy (non-hydrogen) atoms. The zero-order valence-corrected chi connectivity index (χ0v) is 12.9. The van der Waals surface area contributed by atoms with Gasteiger partial charge in [0.05, 0.1) is 11.6 Å². The molecule has 0 aromatic heterocycles. The lowest BCUT2D eigenvalue weighted by Crippen LogP contribution is -2.28. The van der Waals surface area contributed by atoms with Crippen molar-refractivity contribution in [2.24, 2.45) is 0 Å². The van der Waals surface area contributed by atoms with Gasteiger partial charge >= 0.3 is 0 Å². The Hall–Kier alpha value is -1.30. The van der Waals surface area contributed by atoms with Crippen LogP contribution in [0.1, 0.15) is 5.56 Å². The second-order valence-corrected chi connectivity index (χ2v) is 4.88. The number of para-hydroxylation sites is 1. The number of hydrogen-bond acceptors (Lipinski definition) is 4. The molecule has 0 bridgehead atoms. The fourth-order valence-corrected chi connectivity index (χ4v) is 1.76. The molecule has 0 heterocycles. The maximum Gasteiger partial charge on any atom is 0.259 e. The van der Waals surface area contributed by atoms with Crippen molar-refractivity contribution in [3.8, 4) is 5.75 Å². The van der Waals surface area contributed by atoms with E-state index in [2.05, 4.69) is 5.32 Å². The van der Waals surface area contributed by atoms with Gasteiger partial charge in [-0.15, -0.1) is 0 Å². The van der Waals surface area contributed by atoms with Gasteiger partial charge in [-0.1, -0.05) is 23.7 Å². The standard InChI is InChI=1S/C14H21ClN2O3/c1-17(2)13(18)10-20-14-11(5-4-6-12(14)15)9-16-7-8-19-3/h4-6,16H,7-10H2,1-3H3. The molecule has 5 nitrogen and oxygen atoms in total. The summed E-state index contributed by atoms with van der Waals surface area (Å²) in [4.78, 5) is 13.0. The molecule has 0 atom stereocenters. The molecule has 0 saturated carbocycles. The highest BCUT2D eigenvalue weighted by molar-refractivity contribution is 6.32. The van der Waals surface area contributed by atoms with Crippen LogP contribution in [0.15, 0.2) is 18.2 Å². The number of likely N-dealkylation sites (N-methyl/N-ethyl adjacent to an activating group) is 1. The SMILES string of the molecule is COCCNCc1cccc(Cl)c1OCC(=O)N(C)C. The first-order valence-corrected chi connectivity index (χ1v) is 6.74. The van der Waals surface area contributed by atoms with Gasteiger partial charge in [0.25, 0.3) is 5.91 Å². The van der Waals surface area contributed by atoms with Gasteiger partial charge in [0.1, 0.15) is 5.75 Å².